The number of amides is 1. The molecule has 0 aromatic carbocycles. The Hall–Kier alpha value is -0.570. The van der Waals surface area contributed by atoms with E-state index in [0.29, 0.717) is 30.2 Å². The van der Waals surface area contributed by atoms with Crippen LogP contribution in [0.3, 0.4) is 0 Å². The van der Waals surface area contributed by atoms with Gasteiger partial charge in [-0.05, 0) is 56.4 Å². The van der Waals surface area contributed by atoms with E-state index >= 15 is 0 Å². The first-order valence-corrected chi connectivity index (χ1v) is 9.07. The zero-order valence-corrected chi connectivity index (χ0v) is 14.4. The largest absolute Gasteiger partial charge is 0.353 e. The van der Waals surface area contributed by atoms with Crippen LogP contribution in [0.15, 0.2) is 0 Å². The average molecular weight is 296 g/mol. The second-order valence-electron chi connectivity index (χ2n) is 7.10. The van der Waals surface area contributed by atoms with Gasteiger partial charge in [0.15, 0.2) is 0 Å². The monoisotopic (exact) mass is 296 g/mol. The van der Waals surface area contributed by atoms with Crippen molar-refractivity contribution in [2.75, 3.05) is 6.54 Å². The van der Waals surface area contributed by atoms with Crippen molar-refractivity contribution in [3.8, 4) is 0 Å². The van der Waals surface area contributed by atoms with E-state index in [2.05, 4.69) is 26.1 Å². The Morgan fingerprint density at radius 2 is 1.86 bits per heavy atom. The summed E-state index contributed by atoms with van der Waals surface area (Å²) in [5.74, 6) is 2.14. The Balaban J connectivity index is 2.36. The molecule has 0 radical (unpaired) electrons. The summed E-state index contributed by atoms with van der Waals surface area (Å²) in [4.78, 5) is 12.2. The van der Waals surface area contributed by atoms with Crippen molar-refractivity contribution in [3.63, 3.8) is 0 Å². The lowest BCUT2D eigenvalue weighted by Gasteiger charge is -2.30. The molecule has 0 bridgehead atoms. The summed E-state index contributed by atoms with van der Waals surface area (Å²) in [7, 11) is 0. The molecule has 21 heavy (non-hydrogen) atoms. The molecule has 3 N–H and O–H groups in total. The number of nitrogens with two attached hydrogens (primary N) is 1. The summed E-state index contributed by atoms with van der Waals surface area (Å²) in [5.41, 5.74) is 5.67. The van der Waals surface area contributed by atoms with E-state index in [9.17, 15) is 4.79 Å². The van der Waals surface area contributed by atoms with Crippen LogP contribution in [-0.4, -0.2) is 18.5 Å². The van der Waals surface area contributed by atoms with E-state index in [1.807, 2.05) is 0 Å². The van der Waals surface area contributed by atoms with Gasteiger partial charge in [-0.15, -0.1) is 0 Å². The lowest BCUT2D eigenvalue weighted by Crippen LogP contribution is -2.40. The van der Waals surface area contributed by atoms with Gasteiger partial charge in [0.25, 0.3) is 0 Å². The number of rotatable bonds is 9. The minimum atomic E-state index is 0.245. The van der Waals surface area contributed by atoms with Gasteiger partial charge in [0.2, 0.25) is 5.91 Å². The van der Waals surface area contributed by atoms with Crippen molar-refractivity contribution < 1.29 is 4.79 Å². The molecule has 0 aromatic heterocycles. The van der Waals surface area contributed by atoms with E-state index < -0.39 is 0 Å². The first-order chi connectivity index (χ1) is 10.1. The lowest BCUT2D eigenvalue weighted by molar-refractivity contribution is -0.122. The molecule has 124 valence electrons. The van der Waals surface area contributed by atoms with Crippen molar-refractivity contribution in [2.24, 2.45) is 23.5 Å². The Kier molecular flexibility index (Phi) is 8.98. The normalized spacial score (nSPS) is 19.5. The maximum Gasteiger partial charge on any atom is 0.220 e. The predicted octanol–water partition coefficient (Wildman–Crippen LogP) is 3.86. The topological polar surface area (TPSA) is 55.1 Å². The third kappa shape index (κ3) is 6.82. The summed E-state index contributed by atoms with van der Waals surface area (Å²) >= 11 is 0. The minimum Gasteiger partial charge on any atom is -0.353 e. The number of hydrogen-bond donors (Lipinski definition) is 2. The molecular formula is C18H36N2O. The predicted molar refractivity (Wildman–Crippen MR) is 90.0 cm³/mol. The van der Waals surface area contributed by atoms with Gasteiger partial charge in [-0.3, -0.25) is 4.79 Å². The lowest BCUT2D eigenvalue weighted by atomic mass is 9.82. The SMILES string of the molecule is CCC(NC(=O)CCC(CCN)C(C)C)C1CCCCC1. The molecular weight excluding hydrogens is 260 g/mol. The van der Waals surface area contributed by atoms with E-state index in [0.717, 1.165) is 25.8 Å². The molecule has 0 spiro atoms. The third-order valence-electron chi connectivity index (χ3n) is 5.23. The van der Waals surface area contributed by atoms with Crippen molar-refractivity contribution >= 4 is 5.91 Å². The zero-order valence-electron chi connectivity index (χ0n) is 14.4. The fourth-order valence-electron chi connectivity index (χ4n) is 3.71. The van der Waals surface area contributed by atoms with Gasteiger partial charge in [0, 0.05) is 12.5 Å². The molecule has 1 aliphatic rings. The molecule has 2 atom stereocenters. The number of hydrogen-bond acceptors (Lipinski definition) is 2. The van der Waals surface area contributed by atoms with E-state index in [4.69, 9.17) is 5.73 Å². The summed E-state index contributed by atoms with van der Waals surface area (Å²) < 4.78 is 0. The molecule has 0 heterocycles. The Morgan fingerprint density at radius 1 is 1.19 bits per heavy atom. The standard InChI is InChI=1S/C18H36N2O/c1-4-17(16-8-6-5-7-9-16)20-18(21)11-10-15(12-13-19)14(2)3/h14-17H,4-13,19H2,1-3H3,(H,20,21). The highest BCUT2D eigenvalue weighted by Gasteiger charge is 2.24. The maximum absolute atomic E-state index is 12.2. The molecule has 0 aliphatic heterocycles. The molecule has 1 rings (SSSR count). The van der Waals surface area contributed by atoms with Gasteiger partial charge in [-0.2, -0.15) is 0 Å². The minimum absolute atomic E-state index is 0.245. The van der Waals surface area contributed by atoms with Gasteiger partial charge < -0.3 is 11.1 Å². The second-order valence-corrected chi connectivity index (χ2v) is 7.10. The van der Waals surface area contributed by atoms with Gasteiger partial charge in [-0.1, -0.05) is 40.0 Å². The van der Waals surface area contributed by atoms with Crippen LogP contribution in [0.25, 0.3) is 0 Å². The van der Waals surface area contributed by atoms with Crippen molar-refractivity contribution in [2.45, 2.75) is 84.6 Å². The molecule has 1 aliphatic carbocycles. The molecule has 2 unspecified atom stereocenters. The molecule has 1 saturated carbocycles. The van der Waals surface area contributed by atoms with Crippen LogP contribution in [0, 0.1) is 17.8 Å². The average Bonchev–Trinajstić information content (AvgIpc) is 2.49. The number of carbonyl (C=O) groups excluding carboxylic acids is 1. The van der Waals surface area contributed by atoms with Crippen molar-refractivity contribution in [1.82, 2.24) is 5.32 Å². The van der Waals surface area contributed by atoms with Crippen molar-refractivity contribution in [1.29, 1.82) is 0 Å². The van der Waals surface area contributed by atoms with Gasteiger partial charge in [0.1, 0.15) is 0 Å². The highest BCUT2D eigenvalue weighted by Crippen LogP contribution is 2.28. The Bertz CT molecular complexity index is 285. The number of carbonyl (C=O) groups is 1. The molecule has 1 amide bonds. The molecule has 0 saturated heterocycles. The maximum atomic E-state index is 12.2. The molecule has 3 heteroatoms. The fourth-order valence-corrected chi connectivity index (χ4v) is 3.71. The van der Waals surface area contributed by atoms with E-state index in [1.165, 1.54) is 32.1 Å². The Labute approximate surface area is 131 Å². The highest BCUT2D eigenvalue weighted by molar-refractivity contribution is 5.76. The number of nitrogens with one attached hydrogen (secondary N) is 1. The first-order valence-electron chi connectivity index (χ1n) is 9.07. The molecule has 0 aromatic rings. The van der Waals surface area contributed by atoms with E-state index in [-0.39, 0.29) is 5.91 Å². The summed E-state index contributed by atoms with van der Waals surface area (Å²) in [6.07, 6.45) is 10.4. The van der Waals surface area contributed by atoms with Gasteiger partial charge in [-0.25, -0.2) is 0 Å². The molecule has 1 fully saturated rings. The smallest absolute Gasteiger partial charge is 0.220 e. The highest BCUT2D eigenvalue weighted by atomic mass is 16.1. The van der Waals surface area contributed by atoms with Crippen LogP contribution in [0.4, 0.5) is 0 Å². The summed E-state index contributed by atoms with van der Waals surface area (Å²) in [5, 5.41) is 3.30. The van der Waals surface area contributed by atoms with Crippen LogP contribution >= 0.6 is 0 Å². The van der Waals surface area contributed by atoms with Crippen LogP contribution in [0.5, 0.6) is 0 Å². The Morgan fingerprint density at radius 3 is 2.38 bits per heavy atom. The molecule has 3 nitrogen and oxygen atoms in total. The van der Waals surface area contributed by atoms with Crippen LogP contribution in [0.2, 0.25) is 0 Å². The van der Waals surface area contributed by atoms with Crippen LogP contribution in [-0.2, 0) is 4.79 Å². The van der Waals surface area contributed by atoms with Crippen LogP contribution in [0.1, 0.15) is 78.6 Å². The van der Waals surface area contributed by atoms with Gasteiger partial charge >= 0.3 is 0 Å². The quantitative estimate of drug-likeness (QED) is 0.679. The summed E-state index contributed by atoms with van der Waals surface area (Å²) in [6, 6.07) is 0.393. The third-order valence-corrected chi connectivity index (χ3v) is 5.23. The summed E-state index contributed by atoms with van der Waals surface area (Å²) in [6.45, 7) is 7.39. The van der Waals surface area contributed by atoms with E-state index in [1.54, 1.807) is 0 Å². The second kappa shape index (κ2) is 10.2. The van der Waals surface area contributed by atoms with Crippen LogP contribution < -0.4 is 11.1 Å². The first kappa shape index (κ1) is 18.5. The van der Waals surface area contributed by atoms with Gasteiger partial charge in [0.05, 0.1) is 0 Å². The van der Waals surface area contributed by atoms with Crippen molar-refractivity contribution in [3.05, 3.63) is 0 Å². The fraction of sp³-hybridized carbons (Fsp3) is 0.944. The zero-order chi connectivity index (χ0) is 15.7.